The summed E-state index contributed by atoms with van der Waals surface area (Å²) in [6.07, 6.45) is 18.4. The van der Waals surface area contributed by atoms with Crippen LogP contribution in [0.5, 0.6) is 0 Å². The minimum Gasteiger partial charge on any atom is -0.481 e. The van der Waals surface area contributed by atoms with E-state index in [1.807, 2.05) is 0 Å². The molecule has 0 rings (SSSR count). The number of aliphatic carboxylic acids is 2. The van der Waals surface area contributed by atoms with Crippen molar-refractivity contribution in [1.29, 1.82) is 0 Å². The summed E-state index contributed by atoms with van der Waals surface area (Å²) in [6, 6.07) is 0. The molecule has 160 valence electrons. The molecule has 0 aliphatic carbocycles. The first kappa shape index (κ1) is 25.9. The summed E-state index contributed by atoms with van der Waals surface area (Å²) in [7, 11) is 0. The topological polar surface area (TPSA) is 74.6 Å². The van der Waals surface area contributed by atoms with E-state index in [0.29, 0.717) is 12.8 Å². The van der Waals surface area contributed by atoms with Crippen molar-refractivity contribution < 1.29 is 19.8 Å². The molecule has 27 heavy (non-hydrogen) atoms. The van der Waals surface area contributed by atoms with Gasteiger partial charge in [-0.15, -0.1) is 0 Å². The van der Waals surface area contributed by atoms with Crippen LogP contribution < -0.4 is 0 Å². The van der Waals surface area contributed by atoms with Gasteiger partial charge in [0.25, 0.3) is 0 Å². The van der Waals surface area contributed by atoms with E-state index >= 15 is 0 Å². The minimum atomic E-state index is -0.722. The highest BCUT2D eigenvalue weighted by atomic mass is 16.4. The number of rotatable bonds is 20. The van der Waals surface area contributed by atoms with Crippen LogP contribution in [0.3, 0.4) is 0 Å². The molecule has 2 N–H and O–H groups in total. The third kappa shape index (κ3) is 15.7. The zero-order chi connectivity index (χ0) is 20.4. The predicted molar refractivity (Wildman–Crippen MR) is 112 cm³/mol. The normalized spacial score (nSPS) is 11.6. The Morgan fingerprint density at radius 1 is 0.556 bits per heavy atom. The fourth-order valence-electron chi connectivity index (χ4n) is 4.19. The maximum atomic E-state index is 11.0. The Morgan fingerprint density at radius 2 is 0.889 bits per heavy atom. The number of hydrogen-bond acceptors (Lipinski definition) is 2. The monoisotopic (exact) mass is 384 g/mol. The average molecular weight is 385 g/mol. The number of carboxylic acid groups (broad SMARTS) is 2. The first-order valence-corrected chi connectivity index (χ1v) is 11.4. The van der Waals surface area contributed by atoms with Gasteiger partial charge >= 0.3 is 11.9 Å². The van der Waals surface area contributed by atoms with Gasteiger partial charge in [0.2, 0.25) is 0 Å². The van der Waals surface area contributed by atoms with Gasteiger partial charge in [-0.25, -0.2) is 0 Å². The Hall–Kier alpha value is -1.06. The SMILES string of the molecule is CCCCCCCC(CCCCCCC)(CCCC(=O)O)CCCC(=O)O. The molecule has 0 aromatic heterocycles. The minimum absolute atomic E-state index is 0.142. The van der Waals surface area contributed by atoms with Crippen molar-refractivity contribution in [3.05, 3.63) is 0 Å². The van der Waals surface area contributed by atoms with Gasteiger partial charge in [-0.1, -0.05) is 78.1 Å². The standard InChI is InChI=1S/C23H44O4/c1-3-5-7-9-11-17-23(19-13-15-21(24)25,20-14-16-22(26)27)18-12-10-8-6-4-2/h3-20H2,1-2H3,(H,24,25)(H,26,27). The summed E-state index contributed by atoms with van der Waals surface area (Å²) >= 11 is 0. The van der Waals surface area contributed by atoms with Gasteiger partial charge in [-0.3, -0.25) is 9.59 Å². The quantitative estimate of drug-likeness (QED) is 0.218. The maximum Gasteiger partial charge on any atom is 0.303 e. The van der Waals surface area contributed by atoms with Crippen LogP contribution in [0.25, 0.3) is 0 Å². The Bertz CT molecular complexity index is 343. The van der Waals surface area contributed by atoms with Crippen LogP contribution in [-0.4, -0.2) is 22.2 Å². The summed E-state index contributed by atoms with van der Waals surface area (Å²) in [5.41, 5.74) is 0.142. The van der Waals surface area contributed by atoms with Crippen LogP contribution in [0.15, 0.2) is 0 Å². The molecular formula is C23H44O4. The van der Waals surface area contributed by atoms with E-state index in [2.05, 4.69) is 13.8 Å². The van der Waals surface area contributed by atoms with Gasteiger partial charge in [0, 0.05) is 12.8 Å². The average Bonchev–Trinajstić information content (AvgIpc) is 2.60. The maximum absolute atomic E-state index is 11.0. The van der Waals surface area contributed by atoms with E-state index in [1.165, 1.54) is 64.2 Å². The number of carboxylic acids is 2. The van der Waals surface area contributed by atoms with Crippen molar-refractivity contribution in [2.24, 2.45) is 5.41 Å². The van der Waals surface area contributed by atoms with E-state index < -0.39 is 11.9 Å². The van der Waals surface area contributed by atoms with Gasteiger partial charge in [0.05, 0.1) is 0 Å². The van der Waals surface area contributed by atoms with Crippen molar-refractivity contribution in [2.45, 2.75) is 129 Å². The lowest BCUT2D eigenvalue weighted by Crippen LogP contribution is -2.22. The molecule has 0 aliphatic heterocycles. The summed E-state index contributed by atoms with van der Waals surface area (Å²) in [5, 5.41) is 18.1. The molecule has 0 spiro atoms. The molecule has 0 radical (unpaired) electrons. The molecule has 0 bridgehead atoms. The molecule has 4 heteroatoms. The zero-order valence-electron chi connectivity index (χ0n) is 17.9. The molecule has 0 unspecified atom stereocenters. The van der Waals surface area contributed by atoms with Crippen LogP contribution in [0.1, 0.15) is 129 Å². The predicted octanol–water partition coefficient (Wildman–Crippen LogP) is 7.20. The molecule has 4 nitrogen and oxygen atoms in total. The lowest BCUT2D eigenvalue weighted by Gasteiger charge is -2.35. The Morgan fingerprint density at radius 3 is 1.22 bits per heavy atom. The Balaban J connectivity index is 4.78. The lowest BCUT2D eigenvalue weighted by molar-refractivity contribution is -0.138. The van der Waals surface area contributed by atoms with Crippen LogP contribution in [0.4, 0.5) is 0 Å². The zero-order valence-corrected chi connectivity index (χ0v) is 17.9. The third-order valence-corrected chi connectivity index (χ3v) is 5.82. The summed E-state index contributed by atoms with van der Waals surface area (Å²) in [6.45, 7) is 4.44. The highest BCUT2D eigenvalue weighted by Crippen LogP contribution is 2.41. The van der Waals surface area contributed by atoms with Crippen LogP contribution in [0.2, 0.25) is 0 Å². The highest BCUT2D eigenvalue weighted by molar-refractivity contribution is 5.66. The Labute approximate surface area is 167 Å². The van der Waals surface area contributed by atoms with Crippen molar-refractivity contribution >= 4 is 11.9 Å². The molecule has 0 aromatic carbocycles. The first-order chi connectivity index (χ1) is 13.0. The van der Waals surface area contributed by atoms with Gasteiger partial charge in [0.15, 0.2) is 0 Å². The van der Waals surface area contributed by atoms with Crippen molar-refractivity contribution in [2.75, 3.05) is 0 Å². The highest BCUT2D eigenvalue weighted by Gasteiger charge is 2.28. The van der Waals surface area contributed by atoms with Crippen molar-refractivity contribution in [3.8, 4) is 0 Å². The lowest BCUT2D eigenvalue weighted by atomic mass is 9.71. The Kier molecular flexibility index (Phi) is 16.4. The molecule has 0 fully saturated rings. The number of hydrogen-bond donors (Lipinski definition) is 2. The van der Waals surface area contributed by atoms with E-state index in [1.54, 1.807) is 0 Å². The van der Waals surface area contributed by atoms with Gasteiger partial charge in [0.1, 0.15) is 0 Å². The summed E-state index contributed by atoms with van der Waals surface area (Å²) in [4.78, 5) is 22.0. The molecule has 0 saturated heterocycles. The van der Waals surface area contributed by atoms with E-state index in [0.717, 1.165) is 25.7 Å². The summed E-state index contributed by atoms with van der Waals surface area (Å²) < 4.78 is 0. The molecule has 0 aliphatic rings. The van der Waals surface area contributed by atoms with Gasteiger partial charge in [-0.05, 0) is 43.9 Å². The first-order valence-electron chi connectivity index (χ1n) is 11.4. The second-order valence-corrected chi connectivity index (χ2v) is 8.32. The third-order valence-electron chi connectivity index (χ3n) is 5.82. The van der Waals surface area contributed by atoms with Crippen molar-refractivity contribution in [1.82, 2.24) is 0 Å². The summed E-state index contributed by atoms with van der Waals surface area (Å²) in [5.74, 6) is -1.44. The van der Waals surface area contributed by atoms with E-state index in [4.69, 9.17) is 10.2 Å². The second-order valence-electron chi connectivity index (χ2n) is 8.32. The fourth-order valence-corrected chi connectivity index (χ4v) is 4.19. The van der Waals surface area contributed by atoms with Crippen molar-refractivity contribution in [3.63, 3.8) is 0 Å². The van der Waals surface area contributed by atoms with Crippen LogP contribution in [-0.2, 0) is 9.59 Å². The number of carbonyl (C=O) groups is 2. The molecular weight excluding hydrogens is 340 g/mol. The molecule has 0 heterocycles. The van der Waals surface area contributed by atoms with E-state index in [-0.39, 0.29) is 18.3 Å². The second kappa shape index (κ2) is 17.1. The molecule has 0 aromatic rings. The van der Waals surface area contributed by atoms with E-state index in [9.17, 15) is 9.59 Å². The smallest absolute Gasteiger partial charge is 0.303 e. The van der Waals surface area contributed by atoms with Gasteiger partial charge < -0.3 is 10.2 Å². The molecule has 0 amide bonds. The fraction of sp³-hybridized carbons (Fsp3) is 0.913. The largest absolute Gasteiger partial charge is 0.481 e. The number of unbranched alkanes of at least 4 members (excludes halogenated alkanes) is 8. The van der Waals surface area contributed by atoms with Gasteiger partial charge in [-0.2, -0.15) is 0 Å². The van der Waals surface area contributed by atoms with Crippen LogP contribution in [0, 0.1) is 5.41 Å². The van der Waals surface area contributed by atoms with Crippen LogP contribution >= 0.6 is 0 Å². The molecule has 0 saturated carbocycles. The molecule has 0 atom stereocenters.